The normalized spacial score (nSPS) is 25.6. The lowest BCUT2D eigenvalue weighted by Gasteiger charge is -2.45. The van der Waals surface area contributed by atoms with Gasteiger partial charge in [0.2, 0.25) is 0 Å². The van der Waals surface area contributed by atoms with Crippen LogP contribution in [0.4, 0.5) is 0 Å². The second-order valence-electron chi connectivity index (χ2n) is 7.48. The zero-order chi connectivity index (χ0) is 14.8. The molecule has 1 saturated heterocycles. The first-order chi connectivity index (χ1) is 10.1. The Morgan fingerprint density at radius 1 is 1.00 bits per heavy atom. The topological polar surface area (TPSA) is 23.5 Å². The Morgan fingerprint density at radius 2 is 1.62 bits per heavy atom. The summed E-state index contributed by atoms with van der Waals surface area (Å²) in [4.78, 5) is 2.47. The Labute approximate surface area is 129 Å². The molecule has 1 aromatic rings. The number of β-amino-alcohol motifs (C(OH)–C–C–N with tert-alkyl or cyclic N) is 1. The average molecular weight is 287 g/mol. The Bertz CT molecular complexity index is 438. The molecule has 2 fully saturated rings. The lowest BCUT2D eigenvalue weighted by atomic mass is 9.68. The van der Waals surface area contributed by atoms with Crippen LogP contribution in [0.5, 0.6) is 0 Å². The lowest BCUT2D eigenvalue weighted by Crippen LogP contribution is -2.46. The van der Waals surface area contributed by atoms with Gasteiger partial charge in [0.25, 0.3) is 0 Å². The van der Waals surface area contributed by atoms with Gasteiger partial charge >= 0.3 is 0 Å². The number of nitrogens with zero attached hydrogens (tertiary/aromatic N) is 1. The van der Waals surface area contributed by atoms with Crippen LogP contribution in [-0.4, -0.2) is 29.6 Å². The van der Waals surface area contributed by atoms with Crippen LogP contribution >= 0.6 is 0 Å². The van der Waals surface area contributed by atoms with Crippen LogP contribution in [0.25, 0.3) is 0 Å². The van der Waals surface area contributed by atoms with Crippen LogP contribution in [0.2, 0.25) is 0 Å². The van der Waals surface area contributed by atoms with Crippen molar-refractivity contribution in [3.63, 3.8) is 0 Å². The fourth-order valence-corrected chi connectivity index (χ4v) is 4.31. The smallest absolute Gasteiger partial charge is 0.0994 e. The standard InChI is InChI=1S/C19H29NO/c1-18(21,17-8-4-2-5-9-17)16-20-14-12-19(13-15-20)10-6-3-7-11-19/h2,4-5,8-9,21H,3,6-7,10-16H2,1H3. The highest BCUT2D eigenvalue weighted by atomic mass is 16.3. The summed E-state index contributed by atoms with van der Waals surface area (Å²) in [6.07, 6.45) is 9.85. The molecule has 1 aromatic carbocycles. The molecule has 1 heterocycles. The zero-order valence-electron chi connectivity index (χ0n) is 13.4. The van der Waals surface area contributed by atoms with Crippen molar-refractivity contribution in [3.8, 4) is 0 Å². The molecule has 0 bridgehead atoms. The van der Waals surface area contributed by atoms with Crippen molar-refractivity contribution in [2.45, 2.75) is 57.5 Å². The Morgan fingerprint density at radius 3 is 2.24 bits per heavy atom. The summed E-state index contributed by atoms with van der Waals surface area (Å²) in [5.41, 5.74) is 0.939. The highest BCUT2D eigenvalue weighted by molar-refractivity contribution is 5.21. The van der Waals surface area contributed by atoms with Crippen LogP contribution in [0, 0.1) is 5.41 Å². The van der Waals surface area contributed by atoms with Gasteiger partial charge in [0, 0.05) is 6.54 Å². The third-order valence-electron chi connectivity index (χ3n) is 5.76. The minimum Gasteiger partial charge on any atom is -0.384 e. The van der Waals surface area contributed by atoms with Crippen molar-refractivity contribution in [2.24, 2.45) is 5.41 Å². The van der Waals surface area contributed by atoms with Gasteiger partial charge in [0.1, 0.15) is 0 Å². The van der Waals surface area contributed by atoms with Crippen molar-refractivity contribution >= 4 is 0 Å². The maximum Gasteiger partial charge on any atom is 0.0994 e. The van der Waals surface area contributed by atoms with E-state index in [-0.39, 0.29) is 0 Å². The predicted molar refractivity (Wildman–Crippen MR) is 87.2 cm³/mol. The van der Waals surface area contributed by atoms with Crippen LogP contribution in [0.3, 0.4) is 0 Å². The largest absolute Gasteiger partial charge is 0.384 e. The van der Waals surface area contributed by atoms with Gasteiger partial charge in [-0.25, -0.2) is 0 Å². The van der Waals surface area contributed by atoms with E-state index in [2.05, 4.69) is 4.90 Å². The molecule has 116 valence electrons. The van der Waals surface area contributed by atoms with Crippen molar-refractivity contribution < 1.29 is 5.11 Å². The van der Waals surface area contributed by atoms with Gasteiger partial charge in [-0.2, -0.15) is 0 Å². The van der Waals surface area contributed by atoms with Gasteiger partial charge in [-0.1, -0.05) is 49.6 Å². The first kappa shape index (κ1) is 15.1. The van der Waals surface area contributed by atoms with Gasteiger partial charge < -0.3 is 10.0 Å². The van der Waals surface area contributed by atoms with Crippen molar-refractivity contribution in [1.29, 1.82) is 0 Å². The molecule has 0 radical (unpaired) electrons. The molecule has 1 spiro atoms. The van der Waals surface area contributed by atoms with Crippen LogP contribution < -0.4 is 0 Å². The predicted octanol–water partition coefficient (Wildman–Crippen LogP) is 3.94. The third kappa shape index (κ3) is 3.49. The molecule has 2 heteroatoms. The summed E-state index contributed by atoms with van der Waals surface area (Å²) in [5.74, 6) is 0. The molecular weight excluding hydrogens is 258 g/mol. The summed E-state index contributed by atoms with van der Waals surface area (Å²) in [7, 11) is 0. The molecule has 2 aliphatic rings. The molecule has 1 saturated carbocycles. The first-order valence-electron chi connectivity index (χ1n) is 8.60. The minimum absolute atomic E-state index is 0.646. The van der Waals surface area contributed by atoms with Gasteiger partial charge in [0.05, 0.1) is 5.60 Å². The molecule has 0 aromatic heterocycles. The van der Waals surface area contributed by atoms with E-state index in [0.717, 1.165) is 25.2 Å². The molecule has 1 aliphatic heterocycles. The summed E-state index contributed by atoms with van der Waals surface area (Å²) < 4.78 is 0. The fourth-order valence-electron chi connectivity index (χ4n) is 4.31. The molecule has 1 aliphatic carbocycles. The molecule has 1 N–H and O–H groups in total. The number of rotatable bonds is 3. The number of hydrogen-bond donors (Lipinski definition) is 1. The van der Waals surface area contributed by atoms with Crippen molar-refractivity contribution in [2.75, 3.05) is 19.6 Å². The fraction of sp³-hybridized carbons (Fsp3) is 0.684. The van der Waals surface area contributed by atoms with Crippen molar-refractivity contribution in [3.05, 3.63) is 35.9 Å². The number of piperidine rings is 1. The van der Waals surface area contributed by atoms with E-state index in [9.17, 15) is 5.11 Å². The van der Waals surface area contributed by atoms with E-state index < -0.39 is 5.60 Å². The lowest BCUT2D eigenvalue weighted by molar-refractivity contribution is -0.0126. The highest BCUT2D eigenvalue weighted by Gasteiger charge is 2.37. The van der Waals surface area contributed by atoms with E-state index >= 15 is 0 Å². The Kier molecular flexibility index (Phi) is 4.37. The van der Waals surface area contributed by atoms with Gasteiger partial charge in [-0.15, -0.1) is 0 Å². The molecule has 0 amide bonds. The van der Waals surface area contributed by atoms with E-state index in [1.807, 2.05) is 37.3 Å². The van der Waals surface area contributed by atoms with E-state index in [1.54, 1.807) is 0 Å². The SMILES string of the molecule is CC(O)(CN1CCC2(CCCCC2)CC1)c1ccccc1. The number of likely N-dealkylation sites (tertiary alicyclic amines) is 1. The monoisotopic (exact) mass is 287 g/mol. The molecule has 1 atom stereocenters. The van der Waals surface area contributed by atoms with Gasteiger partial charge in [-0.05, 0) is 56.7 Å². The molecular formula is C19H29NO. The van der Waals surface area contributed by atoms with E-state index in [0.29, 0.717) is 5.41 Å². The van der Waals surface area contributed by atoms with Crippen LogP contribution in [-0.2, 0) is 5.60 Å². The molecule has 21 heavy (non-hydrogen) atoms. The molecule has 1 unspecified atom stereocenters. The summed E-state index contributed by atoms with van der Waals surface area (Å²) in [5, 5.41) is 10.8. The average Bonchev–Trinajstić information content (AvgIpc) is 2.52. The maximum atomic E-state index is 10.8. The minimum atomic E-state index is -0.738. The highest BCUT2D eigenvalue weighted by Crippen LogP contribution is 2.44. The quantitative estimate of drug-likeness (QED) is 0.910. The van der Waals surface area contributed by atoms with Crippen LogP contribution in [0.1, 0.15) is 57.4 Å². The van der Waals surface area contributed by atoms with E-state index in [1.165, 1.54) is 44.9 Å². The summed E-state index contributed by atoms with van der Waals surface area (Å²) in [6.45, 7) is 5.02. The summed E-state index contributed by atoms with van der Waals surface area (Å²) in [6, 6.07) is 10.1. The number of hydrogen-bond acceptors (Lipinski definition) is 2. The van der Waals surface area contributed by atoms with Crippen LogP contribution in [0.15, 0.2) is 30.3 Å². The summed E-state index contributed by atoms with van der Waals surface area (Å²) >= 11 is 0. The number of benzene rings is 1. The second kappa shape index (κ2) is 6.10. The molecule has 3 rings (SSSR count). The van der Waals surface area contributed by atoms with E-state index in [4.69, 9.17) is 0 Å². The Hall–Kier alpha value is -0.860. The van der Waals surface area contributed by atoms with Crippen molar-refractivity contribution in [1.82, 2.24) is 4.90 Å². The number of aliphatic hydroxyl groups is 1. The first-order valence-corrected chi connectivity index (χ1v) is 8.60. The molecule has 2 nitrogen and oxygen atoms in total. The zero-order valence-corrected chi connectivity index (χ0v) is 13.4. The van der Waals surface area contributed by atoms with Gasteiger partial charge in [0.15, 0.2) is 0 Å². The Balaban J connectivity index is 1.57. The second-order valence-corrected chi connectivity index (χ2v) is 7.48. The van der Waals surface area contributed by atoms with Gasteiger partial charge in [-0.3, -0.25) is 0 Å². The third-order valence-corrected chi connectivity index (χ3v) is 5.76. The maximum absolute atomic E-state index is 10.8.